The normalized spacial score (nSPS) is 16.0. The molecule has 0 spiro atoms. The zero-order valence-electron chi connectivity index (χ0n) is 14.7. The number of carbonyl (C=O) groups excluding carboxylic acids is 1. The van der Waals surface area contributed by atoms with Crippen LogP contribution in [0.3, 0.4) is 0 Å². The van der Waals surface area contributed by atoms with Crippen LogP contribution in [-0.2, 0) is 4.74 Å². The Morgan fingerprint density at radius 3 is 2.52 bits per heavy atom. The summed E-state index contributed by atoms with van der Waals surface area (Å²) in [4.78, 5) is 11.7. The lowest BCUT2D eigenvalue weighted by molar-refractivity contribution is 0.0600. The Bertz CT molecular complexity index is 498. The highest BCUT2D eigenvalue weighted by Crippen LogP contribution is 2.35. The molecule has 1 aromatic rings. The van der Waals surface area contributed by atoms with Gasteiger partial charge in [-0.15, -0.1) is 0 Å². The summed E-state index contributed by atoms with van der Waals surface area (Å²) in [6.07, 6.45) is 12.0. The SMILES string of the molecule is CCCCCCCCCCC1CNc2ccc(C(=O)OC)cc21. The van der Waals surface area contributed by atoms with Crippen molar-refractivity contribution in [1.82, 2.24) is 0 Å². The molecule has 1 N–H and O–H groups in total. The molecule has 0 radical (unpaired) electrons. The fraction of sp³-hybridized carbons (Fsp3) is 0.650. The number of ether oxygens (including phenoxy) is 1. The maximum Gasteiger partial charge on any atom is 0.337 e. The van der Waals surface area contributed by atoms with Gasteiger partial charge in [0.1, 0.15) is 0 Å². The molecule has 1 unspecified atom stereocenters. The highest BCUT2D eigenvalue weighted by molar-refractivity contribution is 5.90. The van der Waals surface area contributed by atoms with Crippen molar-refractivity contribution < 1.29 is 9.53 Å². The van der Waals surface area contributed by atoms with Gasteiger partial charge in [-0.25, -0.2) is 4.79 Å². The summed E-state index contributed by atoms with van der Waals surface area (Å²) in [6.45, 7) is 3.26. The molecule has 0 saturated carbocycles. The Balaban J connectivity index is 1.73. The van der Waals surface area contributed by atoms with Crippen molar-refractivity contribution in [2.45, 2.75) is 70.6 Å². The summed E-state index contributed by atoms with van der Waals surface area (Å²) in [5, 5.41) is 3.46. The van der Waals surface area contributed by atoms with Gasteiger partial charge < -0.3 is 10.1 Å². The third-order valence-corrected chi connectivity index (χ3v) is 4.86. The standard InChI is InChI=1S/C20H31NO2/c1-3-4-5-6-7-8-9-10-11-17-15-21-19-13-12-16(14-18(17)19)20(22)23-2/h12-14,17,21H,3-11,15H2,1-2H3. The Labute approximate surface area is 140 Å². The molecule has 0 saturated heterocycles. The molecule has 1 heterocycles. The van der Waals surface area contributed by atoms with Gasteiger partial charge in [0, 0.05) is 18.2 Å². The Morgan fingerprint density at radius 1 is 1.13 bits per heavy atom. The van der Waals surface area contributed by atoms with E-state index >= 15 is 0 Å². The van der Waals surface area contributed by atoms with Gasteiger partial charge in [0.25, 0.3) is 0 Å². The monoisotopic (exact) mass is 317 g/mol. The molecule has 3 nitrogen and oxygen atoms in total. The second-order valence-electron chi connectivity index (χ2n) is 6.63. The third kappa shape index (κ3) is 5.26. The van der Waals surface area contributed by atoms with Crippen LogP contribution in [0.5, 0.6) is 0 Å². The highest BCUT2D eigenvalue weighted by Gasteiger charge is 2.23. The molecule has 1 aliphatic rings. The van der Waals surface area contributed by atoms with Crippen molar-refractivity contribution >= 4 is 11.7 Å². The van der Waals surface area contributed by atoms with Crippen molar-refractivity contribution in [3.05, 3.63) is 29.3 Å². The predicted molar refractivity (Wildman–Crippen MR) is 96.2 cm³/mol. The van der Waals surface area contributed by atoms with E-state index in [0.29, 0.717) is 11.5 Å². The summed E-state index contributed by atoms with van der Waals surface area (Å²) in [5.41, 5.74) is 3.13. The van der Waals surface area contributed by atoms with E-state index in [1.165, 1.54) is 76.1 Å². The molecule has 128 valence electrons. The number of nitrogens with one attached hydrogen (secondary N) is 1. The summed E-state index contributed by atoms with van der Waals surface area (Å²) in [6, 6.07) is 5.86. The van der Waals surface area contributed by atoms with Gasteiger partial charge >= 0.3 is 5.97 Å². The zero-order valence-corrected chi connectivity index (χ0v) is 14.7. The number of benzene rings is 1. The molecule has 1 atom stereocenters. The maximum atomic E-state index is 11.7. The fourth-order valence-corrected chi connectivity index (χ4v) is 3.43. The predicted octanol–water partition coefficient (Wildman–Crippen LogP) is 5.51. The van der Waals surface area contributed by atoms with Gasteiger partial charge in [-0.3, -0.25) is 0 Å². The second-order valence-corrected chi connectivity index (χ2v) is 6.63. The lowest BCUT2D eigenvalue weighted by atomic mass is 9.93. The van der Waals surface area contributed by atoms with Gasteiger partial charge in [-0.1, -0.05) is 58.3 Å². The Morgan fingerprint density at radius 2 is 1.83 bits per heavy atom. The van der Waals surface area contributed by atoms with E-state index in [9.17, 15) is 4.79 Å². The number of hydrogen-bond acceptors (Lipinski definition) is 3. The van der Waals surface area contributed by atoms with Crippen molar-refractivity contribution in [2.24, 2.45) is 0 Å². The van der Waals surface area contributed by atoms with Crippen molar-refractivity contribution in [1.29, 1.82) is 0 Å². The van der Waals surface area contributed by atoms with E-state index < -0.39 is 0 Å². The van der Waals surface area contributed by atoms with Crippen LogP contribution in [0.1, 0.15) is 86.6 Å². The molecular weight excluding hydrogens is 286 g/mol. The minimum atomic E-state index is -0.245. The molecule has 23 heavy (non-hydrogen) atoms. The van der Waals surface area contributed by atoms with Crippen molar-refractivity contribution in [2.75, 3.05) is 19.0 Å². The summed E-state index contributed by atoms with van der Waals surface area (Å²) >= 11 is 0. The van der Waals surface area contributed by atoms with Crippen molar-refractivity contribution in [3.8, 4) is 0 Å². The molecule has 1 aromatic carbocycles. The first kappa shape index (κ1) is 17.8. The lowest BCUT2D eigenvalue weighted by Crippen LogP contribution is -2.03. The average Bonchev–Trinajstić information content (AvgIpc) is 2.99. The lowest BCUT2D eigenvalue weighted by Gasteiger charge is -2.11. The molecular formula is C20H31NO2. The number of methoxy groups -OCH3 is 1. The molecule has 3 heteroatoms. The fourth-order valence-electron chi connectivity index (χ4n) is 3.43. The van der Waals surface area contributed by atoms with Gasteiger partial charge in [-0.2, -0.15) is 0 Å². The summed E-state index contributed by atoms with van der Waals surface area (Å²) in [5.74, 6) is 0.292. The maximum absolute atomic E-state index is 11.7. The molecule has 2 rings (SSSR count). The number of fused-ring (bicyclic) bond motifs is 1. The second kappa shape index (κ2) is 9.59. The third-order valence-electron chi connectivity index (χ3n) is 4.86. The summed E-state index contributed by atoms with van der Waals surface area (Å²) in [7, 11) is 1.44. The molecule has 0 amide bonds. The first-order valence-corrected chi connectivity index (χ1v) is 9.22. The quantitative estimate of drug-likeness (QED) is 0.456. The van der Waals surface area contributed by atoms with Crippen LogP contribution in [0, 0.1) is 0 Å². The first-order chi connectivity index (χ1) is 11.3. The van der Waals surface area contributed by atoms with Crippen LogP contribution in [0.15, 0.2) is 18.2 Å². The van der Waals surface area contributed by atoms with Crippen LogP contribution in [-0.4, -0.2) is 19.6 Å². The van der Waals surface area contributed by atoms with Crippen molar-refractivity contribution in [3.63, 3.8) is 0 Å². The molecule has 0 bridgehead atoms. The minimum absolute atomic E-state index is 0.245. The number of unbranched alkanes of at least 4 members (excludes halogenated alkanes) is 7. The molecule has 0 fully saturated rings. The van der Waals surface area contributed by atoms with Gasteiger partial charge in [0.05, 0.1) is 12.7 Å². The average molecular weight is 317 g/mol. The molecule has 1 aliphatic heterocycles. The minimum Gasteiger partial charge on any atom is -0.465 e. The van der Waals surface area contributed by atoms with Crippen LogP contribution in [0.4, 0.5) is 5.69 Å². The number of carbonyl (C=O) groups is 1. The van der Waals surface area contributed by atoms with E-state index in [1.807, 2.05) is 18.2 Å². The van der Waals surface area contributed by atoms with Gasteiger partial charge in [0.15, 0.2) is 0 Å². The number of esters is 1. The van der Waals surface area contributed by atoms with E-state index in [-0.39, 0.29) is 5.97 Å². The van der Waals surface area contributed by atoms with Gasteiger partial charge in [-0.05, 0) is 30.2 Å². The summed E-state index contributed by atoms with van der Waals surface area (Å²) < 4.78 is 4.83. The Kier molecular flexibility index (Phi) is 7.44. The smallest absolute Gasteiger partial charge is 0.337 e. The zero-order chi connectivity index (χ0) is 16.5. The van der Waals surface area contributed by atoms with E-state index in [4.69, 9.17) is 4.74 Å². The van der Waals surface area contributed by atoms with E-state index in [1.54, 1.807) is 0 Å². The topological polar surface area (TPSA) is 38.3 Å². The van der Waals surface area contributed by atoms with Crippen LogP contribution < -0.4 is 5.32 Å². The largest absolute Gasteiger partial charge is 0.465 e. The van der Waals surface area contributed by atoms with Crippen LogP contribution in [0.2, 0.25) is 0 Å². The molecule has 0 aliphatic carbocycles. The van der Waals surface area contributed by atoms with Gasteiger partial charge in [0.2, 0.25) is 0 Å². The van der Waals surface area contributed by atoms with Crippen LogP contribution >= 0.6 is 0 Å². The highest BCUT2D eigenvalue weighted by atomic mass is 16.5. The van der Waals surface area contributed by atoms with E-state index in [2.05, 4.69) is 12.2 Å². The number of anilines is 1. The number of rotatable bonds is 10. The first-order valence-electron chi connectivity index (χ1n) is 9.22. The van der Waals surface area contributed by atoms with Crippen LogP contribution in [0.25, 0.3) is 0 Å². The number of hydrogen-bond donors (Lipinski definition) is 1. The van der Waals surface area contributed by atoms with E-state index in [0.717, 1.165) is 6.54 Å². The Hall–Kier alpha value is -1.51. The molecule has 0 aromatic heterocycles.